The van der Waals surface area contributed by atoms with Crippen molar-refractivity contribution in [1.82, 2.24) is 0 Å². The van der Waals surface area contributed by atoms with Gasteiger partial charge in [-0.1, -0.05) is 261 Å². The third-order valence-corrected chi connectivity index (χ3v) is 13.7. The highest BCUT2D eigenvalue weighted by atomic mass is 16.6. The maximum atomic E-state index is 12.9. The molecule has 6 nitrogen and oxygen atoms in total. The van der Waals surface area contributed by atoms with E-state index < -0.39 is 6.10 Å². The van der Waals surface area contributed by atoms with Crippen molar-refractivity contribution in [2.45, 2.75) is 322 Å². The first-order valence-electron chi connectivity index (χ1n) is 31.4. The van der Waals surface area contributed by atoms with Crippen molar-refractivity contribution in [2.24, 2.45) is 0 Å². The van der Waals surface area contributed by atoms with Crippen LogP contribution in [0.3, 0.4) is 0 Å². The Labute approximate surface area is 453 Å². The van der Waals surface area contributed by atoms with Crippen molar-refractivity contribution in [3.63, 3.8) is 0 Å². The first-order valence-corrected chi connectivity index (χ1v) is 31.4. The molecule has 0 rings (SSSR count). The van der Waals surface area contributed by atoms with Crippen LogP contribution in [0.1, 0.15) is 316 Å². The Morgan fingerprint density at radius 3 is 0.863 bits per heavy atom. The zero-order valence-corrected chi connectivity index (χ0v) is 48.4. The molecule has 73 heavy (non-hydrogen) atoms. The first kappa shape index (κ1) is 69.8. The first-order chi connectivity index (χ1) is 36.0. The molecule has 0 saturated heterocycles. The summed E-state index contributed by atoms with van der Waals surface area (Å²) >= 11 is 0. The van der Waals surface area contributed by atoms with Gasteiger partial charge in [-0.25, -0.2) is 0 Å². The van der Waals surface area contributed by atoms with Crippen LogP contribution in [0.15, 0.2) is 72.9 Å². The molecule has 0 aliphatic heterocycles. The number of carbonyl (C=O) groups excluding carboxylic acids is 3. The van der Waals surface area contributed by atoms with Crippen molar-refractivity contribution in [1.29, 1.82) is 0 Å². The monoisotopic (exact) mass is 1020 g/mol. The maximum absolute atomic E-state index is 12.9. The number of esters is 3. The molecule has 0 aliphatic carbocycles. The van der Waals surface area contributed by atoms with Crippen molar-refractivity contribution in [3.05, 3.63) is 72.9 Å². The Balaban J connectivity index is 4.43. The Kier molecular flexibility index (Phi) is 58.7. The number of carbonyl (C=O) groups is 3. The lowest BCUT2D eigenvalue weighted by molar-refractivity contribution is -0.167. The third kappa shape index (κ3) is 59.6. The lowest BCUT2D eigenvalue weighted by Gasteiger charge is -2.18. The van der Waals surface area contributed by atoms with Gasteiger partial charge in [0.25, 0.3) is 0 Å². The minimum absolute atomic E-state index is 0.0928. The quantitative estimate of drug-likeness (QED) is 0.0261. The van der Waals surface area contributed by atoms with Crippen LogP contribution in [0.25, 0.3) is 0 Å². The highest BCUT2D eigenvalue weighted by Crippen LogP contribution is 2.16. The highest BCUT2D eigenvalue weighted by Gasteiger charge is 2.19. The summed E-state index contributed by atoms with van der Waals surface area (Å²) in [6.45, 7) is 6.59. The Hall–Kier alpha value is -3.15. The molecule has 0 bridgehead atoms. The average molecular weight is 1020 g/mol. The van der Waals surface area contributed by atoms with E-state index in [4.69, 9.17) is 14.2 Å². The molecule has 0 spiro atoms. The van der Waals surface area contributed by atoms with Gasteiger partial charge in [-0.3, -0.25) is 14.4 Å². The molecule has 0 radical (unpaired) electrons. The number of hydrogen-bond acceptors (Lipinski definition) is 6. The SMILES string of the molecule is CCCCC/C=C\C/C=C\CCCCCCCCCCCC(=O)OC[C@H](COC(=O)CCC/C=C\C/C=C\C/C=C\CCCCCCCC)OC(=O)CCCCCCCCCCC/C=C\CCCCCCCC. The van der Waals surface area contributed by atoms with E-state index in [0.29, 0.717) is 19.3 Å². The van der Waals surface area contributed by atoms with E-state index in [0.717, 1.165) is 64.2 Å². The van der Waals surface area contributed by atoms with Crippen molar-refractivity contribution in [2.75, 3.05) is 13.2 Å². The van der Waals surface area contributed by atoms with Crippen LogP contribution in [0.4, 0.5) is 0 Å². The molecule has 0 N–H and O–H groups in total. The van der Waals surface area contributed by atoms with Crippen molar-refractivity contribution >= 4 is 17.9 Å². The maximum Gasteiger partial charge on any atom is 0.306 e. The Morgan fingerprint density at radius 1 is 0.274 bits per heavy atom. The molecule has 0 fully saturated rings. The van der Waals surface area contributed by atoms with Gasteiger partial charge in [0.05, 0.1) is 0 Å². The number of hydrogen-bond donors (Lipinski definition) is 0. The van der Waals surface area contributed by atoms with Crippen molar-refractivity contribution in [3.8, 4) is 0 Å². The summed E-state index contributed by atoms with van der Waals surface area (Å²) in [5.74, 6) is -0.940. The number of ether oxygens (including phenoxy) is 3. The molecular weight excluding hydrogens is 901 g/mol. The molecule has 422 valence electrons. The van der Waals surface area contributed by atoms with Crippen LogP contribution in [0, 0.1) is 0 Å². The smallest absolute Gasteiger partial charge is 0.306 e. The van der Waals surface area contributed by atoms with Crippen LogP contribution in [-0.2, 0) is 28.6 Å². The summed E-state index contributed by atoms with van der Waals surface area (Å²) in [6, 6.07) is 0. The topological polar surface area (TPSA) is 78.9 Å². The molecule has 0 saturated carbocycles. The van der Waals surface area contributed by atoms with Crippen LogP contribution in [0.2, 0.25) is 0 Å². The normalized spacial score (nSPS) is 12.5. The molecule has 6 heteroatoms. The van der Waals surface area contributed by atoms with E-state index in [9.17, 15) is 14.4 Å². The second kappa shape index (κ2) is 61.4. The fourth-order valence-electron chi connectivity index (χ4n) is 8.90. The van der Waals surface area contributed by atoms with E-state index in [1.54, 1.807) is 0 Å². The van der Waals surface area contributed by atoms with Gasteiger partial charge in [0.1, 0.15) is 13.2 Å². The second-order valence-electron chi connectivity index (χ2n) is 21.0. The molecule has 0 aromatic heterocycles. The molecule has 0 heterocycles. The summed E-state index contributed by atoms with van der Waals surface area (Å²) in [7, 11) is 0. The third-order valence-electron chi connectivity index (χ3n) is 13.7. The average Bonchev–Trinajstić information content (AvgIpc) is 3.39. The minimum atomic E-state index is -0.799. The Morgan fingerprint density at radius 2 is 0.507 bits per heavy atom. The van der Waals surface area contributed by atoms with Gasteiger partial charge in [-0.2, -0.15) is 0 Å². The van der Waals surface area contributed by atoms with E-state index in [1.807, 2.05) is 0 Å². The predicted molar refractivity (Wildman–Crippen MR) is 316 cm³/mol. The summed E-state index contributed by atoms with van der Waals surface area (Å²) < 4.78 is 16.9. The Bertz CT molecular complexity index is 1360. The van der Waals surface area contributed by atoms with E-state index in [-0.39, 0.29) is 37.5 Å². The molecule has 0 unspecified atom stereocenters. The van der Waals surface area contributed by atoms with E-state index in [1.165, 1.54) is 205 Å². The number of rotatable bonds is 57. The van der Waals surface area contributed by atoms with Crippen LogP contribution >= 0.6 is 0 Å². The summed E-state index contributed by atoms with van der Waals surface area (Å²) in [5, 5.41) is 0. The molecule has 0 aromatic rings. The summed E-state index contributed by atoms with van der Waals surface area (Å²) in [5.41, 5.74) is 0. The van der Waals surface area contributed by atoms with Crippen LogP contribution < -0.4 is 0 Å². The largest absolute Gasteiger partial charge is 0.462 e. The predicted octanol–water partition coefficient (Wildman–Crippen LogP) is 21.3. The number of unbranched alkanes of at least 4 members (excludes halogenated alkanes) is 34. The van der Waals surface area contributed by atoms with Gasteiger partial charge >= 0.3 is 17.9 Å². The van der Waals surface area contributed by atoms with Gasteiger partial charge in [0.15, 0.2) is 6.10 Å². The van der Waals surface area contributed by atoms with E-state index >= 15 is 0 Å². The molecule has 0 aliphatic rings. The van der Waals surface area contributed by atoms with Gasteiger partial charge < -0.3 is 14.2 Å². The van der Waals surface area contributed by atoms with Gasteiger partial charge in [0.2, 0.25) is 0 Å². The molecular formula is C67H118O6. The van der Waals surface area contributed by atoms with Crippen molar-refractivity contribution < 1.29 is 28.6 Å². The number of allylic oxidation sites excluding steroid dienone is 12. The highest BCUT2D eigenvalue weighted by molar-refractivity contribution is 5.71. The van der Waals surface area contributed by atoms with Gasteiger partial charge in [-0.15, -0.1) is 0 Å². The lowest BCUT2D eigenvalue weighted by atomic mass is 10.1. The molecule has 0 aromatic carbocycles. The van der Waals surface area contributed by atoms with Crippen LogP contribution in [-0.4, -0.2) is 37.2 Å². The zero-order chi connectivity index (χ0) is 52.9. The van der Waals surface area contributed by atoms with Gasteiger partial charge in [0, 0.05) is 19.3 Å². The second-order valence-corrected chi connectivity index (χ2v) is 21.0. The molecule has 0 amide bonds. The van der Waals surface area contributed by atoms with Crippen LogP contribution in [0.5, 0.6) is 0 Å². The zero-order valence-electron chi connectivity index (χ0n) is 48.4. The fraction of sp³-hybridized carbons (Fsp3) is 0.776. The lowest BCUT2D eigenvalue weighted by Crippen LogP contribution is -2.30. The fourth-order valence-corrected chi connectivity index (χ4v) is 8.90. The summed E-state index contributed by atoms with van der Waals surface area (Å²) in [6.07, 6.45) is 79.0. The van der Waals surface area contributed by atoms with E-state index in [2.05, 4.69) is 93.7 Å². The summed E-state index contributed by atoms with van der Waals surface area (Å²) in [4.78, 5) is 38.3. The standard InChI is InChI=1S/C67H118O6/c1-4-7-10-13-16-19-22-25-28-31-33-36-39-42-45-48-51-54-57-60-66(69)72-63-64(62-71-65(68)59-56-53-50-47-44-41-38-35-30-27-24-21-18-15-12-9-6-3)73-67(70)61-58-55-52-49-46-43-40-37-34-32-29-26-23-20-17-14-11-8-5-2/h16,19,25-30,38,41,47,50,64H,4-15,17-18,20-24,31-37,39-40,42-46,48-49,51-63H2,1-3H3/b19-16-,28-25-,29-26-,30-27-,41-38-,50-47-/t64-/m0/s1. The molecule has 1 atom stereocenters. The van der Waals surface area contributed by atoms with Gasteiger partial charge in [-0.05, 0) is 109 Å². The minimum Gasteiger partial charge on any atom is -0.462 e.